The Hall–Kier alpha value is -0.260. The van der Waals surface area contributed by atoms with E-state index in [0.29, 0.717) is 5.41 Å². The van der Waals surface area contributed by atoms with Crippen molar-refractivity contribution in [2.24, 2.45) is 17.3 Å². The molecule has 0 spiro atoms. The lowest BCUT2D eigenvalue weighted by atomic mass is 9.70. The Balaban J connectivity index is 0.000000396. The molecule has 0 heteroatoms. The molecular weight excluding hydrogens is 156 g/mol. The molecule has 0 nitrogen and oxygen atoms in total. The number of allylic oxidation sites excluding steroid dienone is 1. The van der Waals surface area contributed by atoms with Gasteiger partial charge in [-0.05, 0) is 42.9 Å². The van der Waals surface area contributed by atoms with Gasteiger partial charge in [-0.1, -0.05) is 39.8 Å². The summed E-state index contributed by atoms with van der Waals surface area (Å²) in [6.07, 6.45) is 5.64. The first-order valence-corrected chi connectivity index (χ1v) is 5.87. The van der Waals surface area contributed by atoms with Gasteiger partial charge < -0.3 is 0 Å². The molecule has 2 aliphatic rings. The van der Waals surface area contributed by atoms with Crippen LogP contribution in [0.3, 0.4) is 0 Å². The van der Waals surface area contributed by atoms with Gasteiger partial charge in [-0.3, -0.25) is 0 Å². The van der Waals surface area contributed by atoms with E-state index >= 15 is 0 Å². The molecule has 0 radical (unpaired) electrons. The minimum absolute atomic E-state index is 0.517. The van der Waals surface area contributed by atoms with Gasteiger partial charge in [-0.25, -0.2) is 0 Å². The van der Waals surface area contributed by atoms with E-state index in [0.717, 1.165) is 11.8 Å². The van der Waals surface area contributed by atoms with Crippen LogP contribution in [0.2, 0.25) is 0 Å². The molecule has 13 heavy (non-hydrogen) atoms. The molecule has 0 aromatic carbocycles. The van der Waals surface area contributed by atoms with Crippen LogP contribution >= 0.6 is 0 Å². The SMILES string of the molecule is C=C1[C@@H]2CC[C@@H](C2)[C@]1(C)CC.CC. The molecule has 2 fully saturated rings. The fourth-order valence-electron chi connectivity index (χ4n) is 3.12. The van der Waals surface area contributed by atoms with Crippen molar-refractivity contribution >= 4 is 0 Å². The molecule has 2 rings (SSSR count). The molecule has 2 saturated carbocycles. The van der Waals surface area contributed by atoms with Gasteiger partial charge in [0.2, 0.25) is 0 Å². The zero-order valence-electron chi connectivity index (χ0n) is 9.69. The van der Waals surface area contributed by atoms with Gasteiger partial charge in [0.25, 0.3) is 0 Å². The second kappa shape index (κ2) is 3.86. The summed E-state index contributed by atoms with van der Waals surface area (Å²) in [5.74, 6) is 1.87. The van der Waals surface area contributed by atoms with Gasteiger partial charge in [0, 0.05) is 0 Å². The highest BCUT2D eigenvalue weighted by atomic mass is 14.5. The molecule has 0 amide bonds. The van der Waals surface area contributed by atoms with E-state index in [-0.39, 0.29) is 0 Å². The van der Waals surface area contributed by atoms with Crippen LogP contribution in [0.5, 0.6) is 0 Å². The summed E-state index contributed by atoms with van der Waals surface area (Å²) < 4.78 is 0. The maximum Gasteiger partial charge on any atom is -0.00905 e. The Morgan fingerprint density at radius 1 is 1.38 bits per heavy atom. The van der Waals surface area contributed by atoms with Crippen molar-refractivity contribution in [1.29, 1.82) is 0 Å². The van der Waals surface area contributed by atoms with Crippen molar-refractivity contribution in [2.75, 3.05) is 0 Å². The lowest BCUT2D eigenvalue weighted by Crippen LogP contribution is -2.24. The summed E-state index contributed by atoms with van der Waals surface area (Å²) in [5, 5.41) is 0. The summed E-state index contributed by atoms with van der Waals surface area (Å²) in [6, 6.07) is 0. The second-order valence-electron chi connectivity index (χ2n) is 4.50. The molecule has 0 saturated heterocycles. The van der Waals surface area contributed by atoms with Crippen molar-refractivity contribution in [1.82, 2.24) is 0 Å². The molecule has 0 aliphatic heterocycles. The van der Waals surface area contributed by atoms with Crippen LogP contribution in [0.1, 0.15) is 53.4 Å². The number of rotatable bonds is 1. The predicted octanol–water partition coefficient (Wildman–Crippen LogP) is 4.42. The summed E-state index contributed by atoms with van der Waals surface area (Å²) in [6.45, 7) is 13.0. The van der Waals surface area contributed by atoms with Crippen LogP contribution in [-0.2, 0) is 0 Å². The van der Waals surface area contributed by atoms with Crippen LogP contribution in [0.25, 0.3) is 0 Å². The van der Waals surface area contributed by atoms with Gasteiger partial charge in [0.15, 0.2) is 0 Å². The molecule has 0 aromatic rings. The van der Waals surface area contributed by atoms with E-state index in [1.165, 1.54) is 25.7 Å². The first kappa shape index (κ1) is 10.8. The summed E-state index contributed by atoms with van der Waals surface area (Å²) >= 11 is 0. The van der Waals surface area contributed by atoms with Gasteiger partial charge in [-0.2, -0.15) is 0 Å². The monoisotopic (exact) mass is 180 g/mol. The number of hydrogen-bond acceptors (Lipinski definition) is 0. The molecule has 0 unspecified atom stereocenters. The van der Waals surface area contributed by atoms with E-state index in [4.69, 9.17) is 0 Å². The summed E-state index contributed by atoms with van der Waals surface area (Å²) in [7, 11) is 0. The van der Waals surface area contributed by atoms with Crippen LogP contribution < -0.4 is 0 Å². The molecule has 76 valence electrons. The number of hydrogen-bond donors (Lipinski definition) is 0. The Bertz CT molecular complexity index is 192. The quantitative estimate of drug-likeness (QED) is 0.524. The third-order valence-electron chi connectivity index (χ3n) is 4.29. The lowest BCUT2D eigenvalue weighted by Gasteiger charge is -2.35. The predicted molar refractivity (Wildman–Crippen MR) is 59.7 cm³/mol. The van der Waals surface area contributed by atoms with Crippen LogP contribution in [0.15, 0.2) is 12.2 Å². The van der Waals surface area contributed by atoms with Crippen molar-refractivity contribution < 1.29 is 0 Å². The largest absolute Gasteiger partial charge is 0.0990 e. The summed E-state index contributed by atoms with van der Waals surface area (Å²) in [4.78, 5) is 0. The third kappa shape index (κ3) is 1.45. The van der Waals surface area contributed by atoms with Crippen molar-refractivity contribution in [3.05, 3.63) is 12.2 Å². The highest BCUT2D eigenvalue weighted by Crippen LogP contribution is 2.59. The highest BCUT2D eigenvalue weighted by molar-refractivity contribution is 5.23. The van der Waals surface area contributed by atoms with Crippen LogP contribution in [0.4, 0.5) is 0 Å². The average molecular weight is 180 g/mol. The van der Waals surface area contributed by atoms with E-state index < -0.39 is 0 Å². The fraction of sp³-hybridized carbons (Fsp3) is 0.846. The average Bonchev–Trinajstić information content (AvgIpc) is 2.74. The van der Waals surface area contributed by atoms with E-state index in [2.05, 4.69) is 20.4 Å². The first-order chi connectivity index (χ1) is 6.18. The molecule has 2 aliphatic carbocycles. The molecular formula is C13H24. The van der Waals surface area contributed by atoms with Crippen LogP contribution in [-0.4, -0.2) is 0 Å². The minimum atomic E-state index is 0.517. The summed E-state index contributed by atoms with van der Waals surface area (Å²) in [5.41, 5.74) is 2.08. The molecule has 0 heterocycles. The van der Waals surface area contributed by atoms with E-state index in [1.54, 1.807) is 5.57 Å². The molecule has 0 aromatic heterocycles. The topological polar surface area (TPSA) is 0 Å². The van der Waals surface area contributed by atoms with Gasteiger partial charge in [-0.15, -0.1) is 0 Å². The maximum atomic E-state index is 4.26. The Kier molecular flexibility index (Phi) is 3.21. The standard InChI is InChI=1S/C11H18.C2H6/c1-4-11(3)8(2)9-5-6-10(11)7-9;1-2/h9-10H,2,4-7H2,1,3H3;1-2H3/t9-,10+,11-;/m1./s1. The van der Waals surface area contributed by atoms with E-state index in [1.807, 2.05) is 13.8 Å². The minimum Gasteiger partial charge on any atom is -0.0990 e. The zero-order valence-corrected chi connectivity index (χ0v) is 9.69. The third-order valence-corrected chi connectivity index (χ3v) is 4.29. The van der Waals surface area contributed by atoms with Gasteiger partial charge in [0.1, 0.15) is 0 Å². The Morgan fingerprint density at radius 2 is 2.00 bits per heavy atom. The zero-order chi connectivity index (χ0) is 10.1. The Labute approximate surface area is 83.4 Å². The Morgan fingerprint density at radius 3 is 2.31 bits per heavy atom. The van der Waals surface area contributed by atoms with Crippen molar-refractivity contribution in [3.8, 4) is 0 Å². The number of fused-ring (bicyclic) bond motifs is 2. The maximum absolute atomic E-state index is 4.26. The molecule has 2 bridgehead atoms. The molecule has 3 atom stereocenters. The molecule has 0 N–H and O–H groups in total. The van der Waals surface area contributed by atoms with Gasteiger partial charge >= 0.3 is 0 Å². The van der Waals surface area contributed by atoms with Gasteiger partial charge in [0.05, 0.1) is 0 Å². The smallest absolute Gasteiger partial charge is 0.00905 e. The van der Waals surface area contributed by atoms with Crippen molar-refractivity contribution in [2.45, 2.75) is 53.4 Å². The van der Waals surface area contributed by atoms with Crippen molar-refractivity contribution in [3.63, 3.8) is 0 Å². The fourth-order valence-corrected chi connectivity index (χ4v) is 3.12. The first-order valence-electron chi connectivity index (χ1n) is 5.87. The van der Waals surface area contributed by atoms with E-state index in [9.17, 15) is 0 Å². The normalized spacial score (nSPS) is 41.7. The van der Waals surface area contributed by atoms with Crippen LogP contribution in [0, 0.1) is 17.3 Å². The second-order valence-corrected chi connectivity index (χ2v) is 4.50. The lowest BCUT2D eigenvalue weighted by molar-refractivity contribution is 0.249. The highest BCUT2D eigenvalue weighted by Gasteiger charge is 2.49.